The molecule has 132 valence electrons. The molecule has 5 heteroatoms. The lowest BCUT2D eigenvalue weighted by atomic mass is 10.0. The maximum atomic E-state index is 13.2. The third-order valence-corrected chi connectivity index (χ3v) is 3.95. The van der Waals surface area contributed by atoms with E-state index in [1.54, 1.807) is 54.6 Å². The van der Waals surface area contributed by atoms with E-state index in [1.807, 2.05) is 0 Å². The monoisotopic (exact) mass is 377 g/mol. The average Bonchev–Trinajstić information content (AvgIpc) is 2.67. The predicted molar refractivity (Wildman–Crippen MR) is 103 cm³/mol. The summed E-state index contributed by atoms with van der Waals surface area (Å²) in [5, 5.41) is 9.94. The Hall–Kier alpha value is -3.42. The third-order valence-electron chi connectivity index (χ3n) is 3.72. The van der Waals surface area contributed by atoms with E-state index in [9.17, 15) is 14.4 Å². The van der Waals surface area contributed by atoms with Crippen LogP contribution in [0.2, 0.25) is 5.02 Å². The number of ether oxygens (including phenoxy) is 1. The summed E-state index contributed by atoms with van der Waals surface area (Å²) in [7, 11) is 0. The number of carbonyl (C=O) groups excluding carboxylic acids is 1. The van der Waals surface area contributed by atoms with Gasteiger partial charge in [-0.15, -0.1) is 0 Å². The average molecular weight is 378 g/mol. The van der Waals surface area contributed by atoms with Gasteiger partial charge in [-0.1, -0.05) is 41.9 Å². The van der Waals surface area contributed by atoms with Crippen molar-refractivity contribution in [2.75, 3.05) is 0 Å². The fourth-order valence-corrected chi connectivity index (χ4v) is 2.61. The highest BCUT2D eigenvalue weighted by Gasteiger charge is 2.09. The van der Waals surface area contributed by atoms with Gasteiger partial charge in [0, 0.05) is 5.02 Å². The second kappa shape index (κ2) is 8.31. The van der Waals surface area contributed by atoms with Gasteiger partial charge in [0.2, 0.25) is 0 Å². The Bertz CT molecular complexity index is 1050. The van der Waals surface area contributed by atoms with Crippen LogP contribution in [0.25, 0.3) is 11.6 Å². The van der Waals surface area contributed by atoms with Crippen molar-refractivity contribution in [3.05, 3.63) is 100 Å². The van der Waals surface area contributed by atoms with Gasteiger partial charge in [-0.2, -0.15) is 5.26 Å². The van der Waals surface area contributed by atoms with Crippen molar-refractivity contribution in [2.45, 2.75) is 0 Å². The summed E-state index contributed by atoms with van der Waals surface area (Å²) < 4.78 is 18.4. The Morgan fingerprint density at radius 3 is 2.37 bits per heavy atom. The number of hydrogen-bond donors (Lipinski definition) is 0. The van der Waals surface area contributed by atoms with E-state index in [0.29, 0.717) is 21.9 Å². The Labute approximate surface area is 160 Å². The second-order valence-electron chi connectivity index (χ2n) is 5.65. The molecule has 3 rings (SSSR count). The highest BCUT2D eigenvalue weighted by atomic mass is 35.5. The number of allylic oxidation sites excluding steroid dienone is 1. The number of nitrogens with zero attached hydrogens (tertiary/aromatic N) is 1. The quantitative estimate of drug-likeness (QED) is 0.251. The fourth-order valence-electron chi connectivity index (χ4n) is 2.42. The van der Waals surface area contributed by atoms with Crippen LogP contribution in [0.15, 0.2) is 72.8 Å². The van der Waals surface area contributed by atoms with Crippen molar-refractivity contribution in [3.63, 3.8) is 0 Å². The van der Waals surface area contributed by atoms with Gasteiger partial charge < -0.3 is 4.74 Å². The molecule has 0 aromatic heterocycles. The van der Waals surface area contributed by atoms with Crippen molar-refractivity contribution < 1.29 is 13.9 Å². The third kappa shape index (κ3) is 4.81. The topological polar surface area (TPSA) is 50.1 Å². The molecule has 0 N–H and O–H groups in total. The Morgan fingerprint density at radius 1 is 1.00 bits per heavy atom. The number of rotatable bonds is 4. The first-order chi connectivity index (χ1) is 13.0. The molecule has 0 bridgehead atoms. The standard InChI is InChI=1S/C22H13ClFNO2/c23-19-5-1-3-16(12-19)18(14-25)11-15-7-9-21(10-8-15)27-22(26)17-4-2-6-20(24)13-17/h1-13H/b18-11-. The number of benzene rings is 3. The number of hydrogen-bond acceptors (Lipinski definition) is 3. The molecule has 0 aliphatic heterocycles. The first-order valence-electron chi connectivity index (χ1n) is 8.01. The van der Waals surface area contributed by atoms with Crippen molar-refractivity contribution in [1.29, 1.82) is 5.26 Å². The van der Waals surface area contributed by atoms with Crippen molar-refractivity contribution in [1.82, 2.24) is 0 Å². The second-order valence-corrected chi connectivity index (χ2v) is 6.09. The Morgan fingerprint density at radius 2 is 1.70 bits per heavy atom. The molecule has 0 aliphatic carbocycles. The molecule has 3 aromatic carbocycles. The van der Waals surface area contributed by atoms with Crippen LogP contribution in [-0.2, 0) is 0 Å². The van der Waals surface area contributed by atoms with E-state index >= 15 is 0 Å². The minimum atomic E-state index is -0.644. The molecule has 0 radical (unpaired) electrons. The van der Waals surface area contributed by atoms with Crippen LogP contribution in [0.5, 0.6) is 5.75 Å². The lowest BCUT2D eigenvalue weighted by Crippen LogP contribution is -2.08. The van der Waals surface area contributed by atoms with Crippen molar-refractivity contribution in [3.8, 4) is 11.8 Å². The summed E-state index contributed by atoms with van der Waals surface area (Å²) in [6.45, 7) is 0. The highest BCUT2D eigenvalue weighted by molar-refractivity contribution is 6.30. The van der Waals surface area contributed by atoms with E-state index in [1.165, 1.54) is 18.2 Å². The van der Waals surface area contributed by atoms with Crippen LogP contribution in [0.4, 0.5) is 4.39 Å². The number of nitriles is 1. The molecule has 0 spiro atoms. The van der Waals surface area contributed by atoms with Crippen molar-refractivity contribution in [2.24, 2.45) is 0 Å². The van der Waals surface area contributed by atoms with Gasteiger partial charge >= 0.3 is 5.97 Å². The summed E-state index contributed by atoms with van der Waals surface area (Å²) in [6.07, 6.45) is 1.71. The Balaban J connectivity index is 1.77. The molecular formula is C22H13ClFNO2. The van der Waals surface area contributed by atoms with Gasteiger partial charge in [0.05, 0.1) is 17.2 Å². The van der Waals surface area contributed by atoms with Crippen LogP contribution in [0.1, 0.15) is 21.5 Å². The fraction of sp³-hybridized carbons (Fsp3) is 0. The predicted octanol–water partition coefficient (Wildman–Crippen LogP) is 5.76. The maximum Gasteiger partial charge on any atom is 0.343 e. The molecule has 27 heavy (non-hydrogen) atoms. The van der Waals surface area contributed by atoms with Gasteiger partial charge in [0.15, 0.2) is 0 Å². The summed E-state index contributed by atoms with van der Waals surface area (Å²) in [4.78, 5) is 12.0. The zero-order valence-corrected chi connectivity index (χ0v) is 14.8. The molecule has 0 saturated carbocycles. The molecule has 0 unspecified atom stereocenters. The van der Waals surface area contributed by atoms with Crippen LogP contribution in [0.3, 0.4) is 0 Å². The molecule has 3 aromatic rings. The maximum absolute atomic E-state index is 13.2. The molecule has 0 fully saturated rings. The summed E-state index contributed by atoms with van der Waals surface area (Å²) >= 11 is 5.97. The molecule has 0 amide bonds. The van der Waals surface area contributed by atoms with Gasteiger partial charge in [-0.05, 0) is 59.7 Å². The zero-order valence-electron chi connectivity index (χ0n) is 14.0. The molecule has 0 heterocycles. The van der Waals surface area contributed by atoms with Crippen LogP contribution >= 0.6 is 11.6 Å². The molecule has 0 atom stereocenters. The summed E-state index contributed by atoms with van der Waals surface area (Å²) in [5.74, 6) is -0.827. The summed E-state index contributed by atoms with van der Waals surface area (Å²) in [6, 6.07) is 21.1. The lowest BCUT2D eigenvalue weighted by molar-refractivity contribution is 0.0734. The highest BCUT2D eigenvalue weighted by Crippen LogP contribution is 2.22. The molecule has 3 nitrogen and oxygen atoms in total. The molecule has 0 aliphatic rings. The number of esters is 1. The first-order valence-corrected chi connectivity index (χ1v) is 8.38. The number of halogens is 2. The van der Waals surface area contributed by atoms with E-state index in [0.717, 1.165) is 11.6 Å². The van der Waals surface area contributed by atoms with E-state index in [-0.39, 0.29) is 5.56 Å². The van der Waals surface area contributed by atoms with Crippen molar-refractivity contribution >= 4 is 29.2 Å². The minimum absolute atomic E-state index is 0.131. The van der Waals surface area contributed by atoms with Gasteiger partial charge in [0.1, 0.15) is 11.6 Å². The zero-order chi connectivity index (χ0) is 19.2. The molecular weight excluding hydrogens is 365 g/mol. The Kier molecular flexibility index (Phi) is 5.65. The number of carbonyl (C=O) groups is 1. The van der Waals surface area contributed by atoms with E-state index in [2.05, 4.69) is 6.07 Å². The lowest BCUT2D eigenvalue weighted by Gasteiger charge is -2.05. The largest absolute Gasteiger partial charge is 0.423 e. The van der Waals surface area contributed by atoms with E-state index in [4.69, 9.17) is 16.3 Å². The van der Waals surface area contributed by atoms with Crippen LogP contribution < -0.4 is 4.74 Å². The van der Waals surface area contributed by atoms with Gasteiger partial charge in [0.25, 0.3) is 0 Å². The molecule has 0 saturated heterocycles. The first kappa shape index (κ1) is 18.4. The smallest absolute Gasteiger partial charge is 0.343 e. The SMILES string of the molecule is N#C/C(=C/c1ccc(OC(=O)c2cccc(F)c2)cc1)c1cccc(Cl)c1. The van der Waals surface area contributed by atoms with Crippen LogP contribution in [0, 0.1) is 17.1 Å². The summed E-state index contributed by atoms with van der Waals surface area (Å²) in [5.41, 5.74) is 2.07. The van der Waals surface area contributed by atoms with Gasteiger partial charge in [-0.3, -0.25) is 0 Å². The van der Waals surface area contributed by atoms with Crippen LogP contribution in [-0.4, -0.2) is 5.97 Å². The van der Waals surface area contributed by atoms with E-state index < -0.39 is 11.8 Å². The normalized spacial score (nSPS) is 10.9. The van der Waals surface area contributed by atoms with Gasteiger partial charge in [-0.25, -0.2) is 9.18 Å². The minimum Gasteiger partial charge on any atom is -0.423 e.